The first-order valence-electron chi connectivity index (χ1n) is 3.77. The van der Waals surface area contributed by atoms with E-state index in [1.165, 1.54) is 6.92 Å². The molecular weight excluding hydrogens is 240 g/mol. The summed E-state index contributed by atoms with van der Waals surface area (Å²) < 4.78 is 21.3. The zero-order valence-corrected chi connectivity index (χ0v) is 9.35. The number of carbonyl (C=O) groups is 2. The van der Waals surface area contributed by atoms with Gasteiger partial charge in [0.15, 0.2) is 10.7 Å². The average molecular weight is 248 g/mol. The van der Waals surface area contributed by atoms with Crippen molar-refractivity contribution in [3.63, 3.8) is 0 Å². The number of anilines is 1. The van der Waals surface area contributed by atoms with Crippen LogP contribution >= 0.6 is 11.3 Å². The van der Waals surface area contributed by atoms with Crippen molar-refractivity contribution in [1.29, 1.82) is 0 Å². The Balaban J connectivity index is 3.22. The number of amides is 2. The predicted octanol–water partition coefficient (Wildman–Crippen LogP) is -0.224. The second-order valence-corrected chi connectivity index (χ2v) is 4.98. The molecule has 0 radical (unpaired) electrons. The molecule has 1 aromatic heterocycles. The van der Waals surface area contributed by atoms with E-state index in [4.69, 9.17) is 5.73 Å². The van der Waals surface area contributed by atoms with Crippen LogP contribution in [0.4, 0.5) is 5.00 Å². The van der Waals surface area contributed by atoms with Gasteiger partial charge in [-0.2, -0.15) is 0 Å². The van der Waals surface area contributed by atoms with Crippen molar-refractivity contribution >= 4 is 38.9 Å². The fraction of sp³-hybridized carbons (Fsp3) is 0.143. The molecule has 0 aliphatic heterocycles. The Kier molecular flexibility index (Phi) is 3.43. The lowest BCUT2D eigenvalue weighted by atomic mass is 10.3. The van der Waals surface area contributed by atoms with Crippen LogP contribution in [0.3, 0.4) is 0 Å². The normalized spacial score (nSPS) is 10.3. The number of thiophene rings is 1. The Labute approximate surface area is 91.0 Å². The Morgan fingerprint density at radius 3 is 2.47 bits per heavy atom. The van der Waals surface area contributed by atoms with Crippen LogP contribution in [0.15, 0.2) is 10.3 Å². The van der Waals surface area contributed by atoms with Gasteiger partial charge in [0, 0.05) is 6.92 Å². The quantitative estimate of drug-likeness (QED) is 0.642. The van der Waals surface area contributed by atoms with Crippen LogP contribution in [-0.4, -0.2) is 20.2 Å². The van der Waals surface area contributed by atoms with Gasteiger partial charge >= 0.3 is 0 Å². The largest absolute Gasteiger partial charge is 0.366 e. The van der Waals surface area contributed by atoms with Crippen LogP contribution in [0, 0.1) is 0 Å². The SMILES string of the molecule is CC(=O)Nc1sc([SH](=O)=O)cc1C(N)=O. The Hall–Kier alpha value is -1.41. The number of thiol groups is 1. The summed E-state index contributed by atoms with van der Waals surface area (Å²) in [4.78, 5) is 21.7. The fourth-order valence-corrected chi connectivity index (χ4v) is 2.56. The van der Waals surface area contributed by atoms with Gasteiger partial charge in [0.05, 0.1) is 5.56 Å². The van der Waals surface area contributed by atoms with Crippen LogP contribution < -0.4 is 11.1 Å². The summed E-state index contributed by atoms with van der Waals surface area (Å²) in [5, 5.41) is 2.50. The van der Waals surface area contributed by atoms with Gasteiger partial charge in [0.25, 0.3) is 5.91 Å². The maximum absolute atomic E-state index is 10.9. The highest BCUT2D eigenvalue weighted by Gasteiger charge is 2.15. The number of carbonyl (C=O) groups excluding carboxylic acids is 2. The van der Waals surface area contributed by atoms with E-state index in [1.54, 1.807) is 0 Å². The highest BCUT2D eigenvalue weighted by Crippen LogP contribution is 2.28. The van der Waals surface area contributed by atoms with Crippen molar-refractivity contribution in [2.24, 2.45) is 5.73 Å². The number of nitrogens with one attached hydrogen (secondary N) is 1. The molecule has 2 amide bonds. The molecule has 3 N–H and O–H groups in total. The van der Waals surface area contributed by atoms with Crippen molar-refractivity contribution in [3.05, 3.63) is 11.6 Å². The van der Waals surface area contributed by atoms with E-state index in [9.17, 15) is 18.0 Å². The van der Waals surface area contributed by atoms with Gasteiger partial charge in [0.1, 0.15) is 9.21 Å². The third kappa shape index (κ3) is 2.77. The standard InChI is InChI=1S/C7H8N2O4S2/c1-3(10)9-7-4(6(8)11)2-5(14-7)15(12)13/h2,15H,1H3,(H2,8,11)(H,9,10). The average Bonchev–Trinajstić information content (AvgIpc) is 2.46. The van der Waals surface area contributed by atoms with Gasteiger partial charge in [-0.1, -0.05) is 0 Å². The van der Waals surface area contributed by atoms with Crippen molar-refractivity contribution in [2.75, 3.05) is 5.32 Å². The smallest absolute Gasteiger partial charge is 0.251 e. The van der Waals surface area contributed by atoms with E-state index in [1.807, 2.05) is 0 Å². The van der Waals surface area contributed by atoms with Gasteiger partial charge in [-0.25, -0.2) is 8.42 Å². The summed E-state index contributed by atoms with van der Waals surface area (Å²) in [5.74, 6) is -1.18. The number of primary amides is 1. The molecule has 0 aliphatic carbocycles. The number of hydrogen-bond acceptors (Lipinski definition) is 5. The maximum atomic E-state index is 10.9. The Bertz CT molecular complexity index is 481. The van der Waals surface area contributed by atoms with E-state index >= 15 is 0 Å². The van der Waals surface area contributed by atoms with Crippen LogP contribution in [0.25, 0.3) is 0 Å². The summed E-state index contributed by atoms with van der Waals surface area (Å²) in [6.45, 7) is 1.25. The molecule has 0 fully saturated rings. The molecule has 1 rings (SSSR count). The molecule has 1 heterocycles. The van der Waals surface area contributed by atoms with Gasteiger partial charge in [-0.15, -0.1) is 11.3 Å². The Morgan fingerprint density at radius 1 is 1.47 bits per heavy atom. The molecule has 8 heteroatoms. The van der Waals surface area contributed by atoms with Gasteiger partial charge < -0.3 is 11.1 Å². The van der Waals surface area contributed by atoms with Crippen LogP contribution in [-0.2, 0) is 15.5 Å². The van der Waals surface area contributed by atoms with Crippen LogP contribution in [0.5, 0.6) is 0 Å². The molecule has 0 aromatic carbocycles. The second-order valence-electron chi connectivity index (χ2n) is 2.63. The third-order valence-electron chi connectivity index (χ3n) is 1.45. The van der Waals surface area contributed by atoms with Gasteiger partial charge in [-0.05, 0) is 6.07 Å². The zero-order valence-electron chi connectivity index (χ0n) is 7.64. The van der Waals surface area contributed by atoms with E-state index < -0.39 is 22.5 Å². The van der Waals surface area contributed by atoms with E-state index in [0.29, 0.717) is 0 Å². The lowest BCUT2D eigenvalue weighted by Crippen LogP contribution is -2.14. The van der Waals surface area contributed by atoms with E-state index in [2.05, 4.69) is 5.32 Å². The second kappa shape index (κ2) is 4.41. The molecule has 0 saturated carbocycles. The highest BCUT2D eigenvalue weighted by atomic mass is 32.2. The minimum absolute atomic E-state index is 0.00407. The molecule has 1 aromatic rings. The number of nitrogens with two attached hydrogens (primary N) is 1. The molecule has 0 aliphatic rings. The first-order valence-corrected chi connectivity index (χ1v) is 5.77. The molecule has 0 spiro atoms. The van der Waals surface area contributed by atoms with Crippen molar-refractivity contribution < 1.29 is 18.0 Å². The summed E-state index contributed by atoms with van der Waals surface area (Å²) in [6, 6.07) is 1.14. The topological polar surface area (TPSA) is 106 Å². The monoisotopic (exact) mass is 248 g/mol. The third-order valence-corrected chi connectivity index (χ3v) is 3.52. The Morgan fingerprint density at radius 2 is 2.07 bits per heavy atom. The van der Waals surface area contributed by atoms with Crippen LogP contribution in [0.1, 0.15) is 17.3 Å². The summed E-state index contributed by atoms with van der Waals surface area (Å²) in [5.41, 5.74) is 5.03. The minimum Gasteiger partial charge on any atom is -0.366 e. The molecule has 0 saturated heterocycles. The number of rotatable bonds is 3. The molecule has 15 heavy (non-hydrogen) atoms. The molecule has 0 bridgehead atoms. The minimum atomic E-state index is -2.78. The molecule has 82 valence electrons. The summed E-state index contributed by atoms with van der Waals surface area (Å²) >= 11 is 0.795. The predicted molar refractivity (Wildman–Crippen MR) is 55.7 cm³/mol. The lowest BCUT2D eigenvalue weighted by molar-refractivity contribution is -0.114. The maximum Gasteiger partial charge on any atom is 0.251 e. The van der Waals surface area contributed by atoms with E-state index in [0.717, 1.165) is 17.4 Å². The summed E-state index contributed by atoms with van der Waals surface area (Å²) in [6.07, 6.45) is 0. The molecule has 0 atom stereocenters. The van der Waals surface area contributed by atoms with Crippen molar-refractivity contribution in [2.45, 2.75) is 11.1 Å². The first kappa shape index (κ1) is 11.7. The molecular formula is C7H8N2O4S2. The zero-order chi connectivity index (χ0) is 11.6. The van der Waals surface area contributed by atoms with E-state index in [-0.39, 0.29) is 14.8 Å². The lowest BCUT2D eigenvalue weighted by Gasteiger charge is -1.98. The van der Waals surface area contributed by atoms with Gasteiger partial charge in [-0.3, -0.25) is 9.59 Å². The number of hydrogen-bond donors (Lipinski definition) is 3. The fourth-order valence-electron chi connectivity index (χ4n) is 0.904. The summed E-state index contributed by atoms with van der Waals surface area (Å²) in [7, 11) is -2.78. The highest BCUT2D eigenvalue weighted by molar-refractivity contribution is 7.75. The first-order chi connectivity index (χ1) is 6.91. The molecule has 6 nitrogen and oxygen atoms in total. The van der Waals surface area contributed by atoms with Gasteiger partial charge in [0.2, 0.25) is 5.91 Å². The van der Waals surface area contributed by atoms with Crippen molar-refractivity contribution in [1.82, 2.24) is 0 Å². The molecule has 0 unspecified atom stereocenters. The van der Waals surface area contributed by atoms with Crippen molar-refractivity contribution in [3.8, 4) is 0 Å². The van der Waals surface area contributed by atoms with Crippen LogP contribution in [0.2, 0.25) is 0 Å².